The van der Waals surface area contributed by atoms with Crippen molar-refractivity contribution in [3.63, 3.8) is 0 Å². The highest BCUT2D eigenvalue weighted by Gasteiger charge is 2.26. The van der Waals surface area contributed by atoms with Crippen LogP contribution < -0.4 is 0 Å². The van der Waals surface area contributed by atoms with Crippen molar-refractivity contribution in [2.45, 2.75) is 32.7 Å². The molecule has 0 radical (unpaired) electrons. The fourth-order valence-corrected chi connectivity index (χ4v) is 3.69. The third-order valence-corrected chi connectivity index (χ3v) is 4.77. The fourth-order valence-electron chi connectivity index (χ4n) is 2.78. The Morgan fingerprint density at radius 3 is 3.10 bits per heavy atom. The lowest BCUT2D eigenvalue weighted by atomic mass is 10.2. The Hall–Kier alpha value is -1.88. The second kappa shape index (κ2) is 5.85. The molecule has 2 aromatic rings. The molecule has 0 fully saturated rings. The standard InChI is InChI=1S/C16H19N3OS/c1-3-9-19(10-12-8-7-11(2)21-12)16(20)15-13-5-4-6-14(13)17-18-15/h3,7-8H,1,4-6,9-10H2,2H3,(H,17,18). The molecular formula is C16H19N3OS. The summed E-state index contributed by atoms with van der Waals surface area (Å²) >= 11 is 1.73. The molecule has 2 heterocycles. The van der Waals surface area contributed by atoms with Crippen molar-refractivity contribution in [1.82, 2.24) is 15.1 Å². The van der Waals surface area contributed by atoms with Gasteiger partial charge in [0.05, 0.1) is 6.54 Å². The summed E-state index contributed by atoms with van der Waals surface area (Å²) in [6.07, 6.45) is 4.83. The van der Waals surface area contributed by atoms with Crippen molar-refractivity contribution in [1.29, 1.82) is 0 Å². The van der Waals surface area contributed by atoms with Gasteiger partial charge in [0.15, 0.2) is 5.69 Å². The van der Waals surface area contributed by atoms with Crippen LogP contribution in [-0.2, 0) is 19.4 Å². The van der Waals surface area contributed by atoms with Crippen LogP contribution in [-0.4, -0.2) is 27.5 Å². The maximum Gasteiger partial charge on any atom is 0.275 e. The number of carbonyl (C=O) groups excluding carboxylic acids is 1. The molecule has 0 spiro atoms. The summed E-state index contributed by atoms with van der Waals surface area (Å²) in [5, 5.41) is 7.25. The molecule has 4 nitrogen and oxygen atoms in total. The zero-order valence-corrected chi connectivity index (χ0v) is 13.0. The van der Waals surface area contributed by atoms with E-state index in [1.54, 1.807) is 17.4 Å². The first-order chi connectivity index (χ1) is 10.2. The number of carbonyl (C=O) groups is 1. The molecule has 2 aromatic heterocycles. The highest BCUT2D eigenvalue weighted by atomic mass is 32.1. The van der Waals surface area contributed by atoms with Gasteiger partial charge >= 0.3 is 0 Å². The van der Waals surface area contributed by atoms with E-state index in [-0.39, 0.29) is 5.91 Å². The molecule has 3 rings (SSSR count). The van der Waals surface area contributed by atoms with Gasteiger partial charge in [0.25, 0.3) is 5.91 Å². The fraction of sp³-hybridized carbons (Fsp3) is 0.375. The number of nitrogens with zero attached hydrogens (tertiary/aromatic N) is 2. The summed E-state index contributed by atoms with van der Waals surface area (Å²) < 4.78 is 0. The summed E-state index contributed by atoms with van der Waals surface area (Å²) in [5.41, 5.74) is 2.83. The van der Waals surface area contributed by atoms with Crippen LogP contribution >= 0.6 is 11.3 Å². The van der Waals surface area contributed by atoms with E-state index in [0.29, 0.717) is 18.8 Å². The summed E-state index contributed by atoms with van der Waals surface area (Å²) in [6, 6.07) is 4.17. The molecule has 1 N–H and O–H groups in total. The average Bonchev–Trinajstić information content (AvgIpc) is 3.14. The van der Waals surface area contributed by atoms with Crippen molar-refractivity contribution in [3.05, 3.63) is 51.5 Å². The van der Waals surface area contributed by atoms with Crippen LogP contribution in [0.3, 0.4) is 0 Å². The third kappa shape index (κ3) is 2.78. The number of aryl methyl sites for hydroxylation is 2. The van der Waals surface area contributed by atoms with E-state index >= 15 is 0 Å². The van der Waals surface area contributed by atoms with Gasteiger partial charge in [0, 0.05) is 27.6 Å². The first-order valence-corrected chi connectivity index (χ1v) is 8.02. The molecule has 0 unspecified atom stereocenters. The monoisotopic (exact) mass is 301 g/mol. The Morgan fingerprint density at radius 2 is 2.38 bits per heavy atom. The van der Waals surface area contributed by atoms with E-state index in [9.17, 15) is 4.79 Å². The maximum absolute atomic E-state index is 12.8. The zero-order valence-electron chi connectivity index (χ0n) is 12.2. The lowest BCUT2D eigenvalue weighted by Gasteiger charge is -2.19. The Morgan fingerprint density at radius 1 is 1.52 bits per heavy atom. The Balaban J connectivity index is 1.82. The molecule has 0 saturated carbocycles. The summed E-state index contributed by atoms with van der Waals surface area (Å²) in [4.78, 5) is 17.0. The number of hydrogen-bond acceptors (Lipinski definition) is 3. The van der Waals surface area contributed by atoms with Gasteiger partial charge < -0.3 is 4.90 Å². The SMILES string of the molecule is C=CCN(Cc1ccc(C)s1)C(=O)c1n[nH]c2c1CCC2. The highest BCUT2D eigenvalue weighted by molar-refractivity contribution is 7.11. The van der Waals surface area contributed by atoms with Crippen LogP contribution in [0.2, 0.25) is 0 Å². The largest absolute Gasteiger partial charge is 0.328 e. The minimum Gasteiger partial charge on any atom is -0.328 e. The van der Waals surface area contributed by atoms with Gasteiger partial charge in [-0.2, -0.15) is 5.10 Å². The quantitative estimate of drug-likeness (QED) is 0.863. The van der Waals surface area contributed by atoms with Crippen molar-refractivity contribution >= 4 is 17.2 Å². The van der Waals surface area contributed by atoms with Gasteiger partial charge in [0.1, 0.15) is 0 Å². The van der Waals surface area contributed by atoms with Gasteiger partial charge in [-0.15, -0.1) is 17.9 Å². The van der Waals surface area contributed by atoms with Crippen LogP contribution in [0.4, 0.5) is 0 Å². The Bertz CT molecular complexity index is 671. The number of hydrogen-bond donors (Lipinski definition) is 1. The minimum atomic E-state index is 0.000327. The van der Waals surface area contributed by atoms with Gasteiger partial charge in [-0.3, -0.25) is 9.89 Å². The van der Waals surface area contributed by atoms with Crippen LogP contribution in [0.5, 0.6) is 0 Å². The van der Waals surface area contributed by atoms with Crippen LogP contribution in [0.25, 0.3) is 0 Å². The second-order valence-electron chi connectivity index (χ2n) is 5.37. The van der Waals surface area contributed by atoms with Crippen LogP contribution in [0.1, 0.15) is 37.9 Å². The highest BCUT2D eigenvalue weighted by Crippen LogP contribution is 2.25. The molecule has 0 atom stereocenters. The van der Waals surface area contributed by atoms with Crippen LogP contribution in [0, 0.1) is 6.92 Å². The number of fused-ring (bicyclic) bond motifs is 1. The van der Waals surface area contributed by atoms with Gasteiger partial charge in [-0.25, -0.2) is 0 Å². The molecule has 0 aliphatic heterocycles. The van der Waals surface area contributed by atoms with E-state index in [1.807, 2.05) is 4.90 Å². The summed E-state index contributed by atoms with van der Waals surface area (Å²) in [7, 11) is 0. The molecule has 0 aromatic carbocycles. The number of rotatable bonds is 5. The molecule has 1 aliphatic carbocycles. The number of thiophene rings is 1. The zero-order chi connectivity index (χ0) is 14.8. The normalized spacial score (nSPS) is 13.2. The molecule has 110 valence electrons. The van der Waals surface area contributed by atoms with Gasteiger partial charge in [-0.05, 0) is 38.3 Å². The van der Waals surface area contributed by atoms with Gasteiger partial charge in [-0.1, -0.05) is 6.08 Å². The summed E-state index contributed by atoms with van der Waals surface area (Å²) in [5.74, 6) is 0.000327. The second-order valence-corrected chi connectivity index (χ2v) is 6.74. The first-order valence-electron chi connectivity index (χ1n) is 7.20. The molecular weight excluding hydrogens is 282 g/mol. The maximum atomic E-state index is 12.8. The van der Waals surface area contributed by atoms with E-state index in [2.05, 4.69) is 35.8 Å². The van der Waals surface area contributed by atoms with E-state index in [4.69, 9.17) is 0 Å². The molecule has 0 saturated heterocycles. The van der Waals surface area contributed by atoms with Gasteiger partial charge in [0.2, 0.25) is 0 Å². The molecule has 1 amide bonds. The lowest BCUT2D eigenvalue weighted by molar-refractivity contribution is 0.0757. The predicted octanol–water partition coefficient (Wildman–Crippen LogP) is 3.10. The Kier molecular flexibility index (Phi) is 3.92. The van der Waals surface area contributed by atoms with E-state index in [1.165, 1.54) is 9.75 Å². The van der Waals surface area contributed by atoms with Crippen molar-refractivity contribution in [2.75, 3.05) is 6.54 Å². The van der Waals surface area contributed by atoms with Crippen molar-refractivity contribution < 1.29 is 4.79 Å². The van der Waals surface area contributed by atoms with E-state index in [0.717, 1.165) is 30.5 Å². The number of nitrogens with one attached hydrogen (secondary N) is 1. The Labute approximate surface area is 128 Å². The van der Waals surface area contributed by atoms with E-state index < -0.39 is 0 Å². The average molecular weight is 301 g/mol. The van der Waals surface area contributed by atoms with Crippen molar-refractivity contribution in [3.8, 4) is 0 Å². The summed E-state index contributed by atoms with van der Waals surface area (Å²) in [6.45, 7) is 7.00. The number of aromatic amines is 1. The topological polar surface area (TPSA) is 49.0 Å². The number of H-pyrrole nitrogens is 1. The number of aromatic nitrogens is 2. The predicted molar refractivity (Wildman–Crippen MR) is 84.6 cm³/mol. The first kappa shape index (κ1) is 14.1. The smallest absolute Gasteiger partial charge is 0.275 e. The van der Waals surface area contributed by atoms with Crippen LogP contribution in [0.15, 0.2) is 24.8 Å². The molecule has 0 bridgehead atoms. The minimum absolute atomic E-state index is 0.000327. The number of amides is 1. The third-order valence-electron chi connectivity index (χ3n) is 3.79. The molecule has 1 aliphatic rings. The molecule has 21 heavy (non-hydrogen) atoms. The molecule has 5 heteroatoms. The van der Waals surface area contributed by atoms with Crippen molar-refractivity contribution in [2.24, 2.45) is 0 Å². The lowest BCUT2D eigenvalue weighted by Crippen LogP contribution is -2.31.